The van der Waals surface area contributed by atoms with Gasteiger partial charge in [0.2, 0.25) is 5.91 Å². The molecule has 2 fully saturated rings. The molecule has 2 amide bonds. The highest BCUT2D eigenvalue weighted by Gasteiger charge is 2.64. The normalized spacial score (nSPS) is 18.8. The number of rotatable bonds is 18. The van der Waals surface area contributed by atoms with Crippen LogP contribution in [0.25, 0.3) is 0 Å². The predicted octanol–water partition coefficient (Wildman–Crippen LogP) is 7.00. The molecule has 51 heavy (non-hydrogen) atoms. The van der Waals surface area contributed by atoms with Gasteiger partial charge in [0.1, 0.15) is 45.8 Å². The monoisotopic (exact) mass is 722 g/mol. The maximum Gasteiger partial charge on any atom is 0.339 e. The number of thioether (sulfide) groups is 1. The van der Waals surface area contributed by atoms with Crippen molar-refractivity contribution >= 4 is 35.5 Å². The molecule has 0 spiro atoms. The minimum atomic E-state index is -1.06. The zero-order valence-corrected chi connectivity index (χ0v) is 30.6. The fourth-order valence-corrected chi connectivity index (χ4v) is 7.79. The number of carbonyl (C=O) groups excluding carboxylic acids is 2. The third-order valence-electron chi connectivity index (χ3n) is 8.68. The van der Waals surface area contributed by atoms with Gasteiger partial charge in [-0.1, -0.05) is 67.8 Å². The number of aromatic hydroxyl groups is 1. The Bertz CT molecular complexity index is 1580. The SMILES string of the molecule is C=CC/C=C\C/C=C\CCCCCCCc1cccc(O)c1C(=O)O.COc1cccc(OC)c1C(=O)N[C@@H]1C(=O)N2[C@@H]1SC(C)(C)[C@@H]2C(=O)O. The smallest absolute Gasteiger partial charge is 0.339 e. The molecule has 4 N–H and O–H groups in total. The van der Waals surface area contributed by atoms with Crippen LogP contribution >= 0.6 is 11.8 Å². The summed E-state index contributed by atoms with van der Waals surface area (Å²) in [5.41, 5.74) is 0.968. The molecular formula is C39H50N2O9S. The molecule has 2 aliphatic heterocycles. The molecule has 12 heteroatoms. The molecule has 2 aromatic carbocycles. The molecule has 0 unspecified atom stereocenters. The Morgan fingerprint density at radius 1 is 0.902 bits per heavy atom. The summed E-state index contributed by atoms with van der Waals surface area (Å²) in [4.78, 5) is 49.3. The molecule has 2 aliphatic rings. The maximum absolute atomic E-state index is 12.8. The lowest BCUT2D eigenvalue weighted by Crippen LogP contribution is -2.70. The molecule has 3 atom stereocenters. The average molecular weight is 723 g/mol. The van der Waals surface area contributed by atoms with Crippen LogP contribution in [0.1, 0.15) is 91.5 Å². The lowest BCUT2D eigenvalue weighted by atomic mass is 9.96. The Hall–Kier alpha value is -4.71. The molecule has 0 radical (unpaired) electrons. The Morgan fingerprint density at radius 2 is 1.51 bits per heavy atom. The van der Waals surface area contributed by atoms with Crippen molar-refractivity contribution in [3.8, 4) is 17.2 Å². The summed E-state index contributed by atoms with van der Waals surface area (Å²) in [5, 5.41) is 30.6. The number of allylic oxidation sites excluding steroid dienone is 5. The number of nitrogens with zero attached hydrogens (tertiary/aromatic N) is 1. The Balaban J connectivity index is 0.000000276. The fourth-order valence-electron chi connectivity index (χ4n) is 6.16. The van der Waals surface area contributed by atoms with Gasteiger partial charge in [0.15, 0.2) is 0 Å². The number of aryl methyl sites for hydroxylation is 1. The first kappa shape index (κ1) is 40.7. The number of benzene rings is 2. The van der Waals surface area contributed by atoms with Crippen LogP contribution in [0.5, 0.6) is 17.2 Å². The van der Waals surface area contributed by atoms with E-state index in [0.29, 0.717) is 17.9 Å². The maximum atomic E-state index is 12.8. The van der Waals surface area contributed by atoms with Gasteiger partial charge in [-0.25, -0.2) is 9.59 Å². The zero-order chi connectivity index (χ0) is 37.6. The van der Waals surface area contributed by atoms with Crippen LogP contribution in [0.4, 0.5) is 0 Å². The number of fused-ring (bicyclic) bond motifs is 1. The molecule has 2 aromatic rings. The van der Waals surface area contributed by atoms with Crippen LogP contribution in [-0.4, -0.2) is 80.4 Å². The minimum Gasteiger partial charge on any atom is -0.507 e. The number of carboxylic acids is 2. The van der Waals surface area contributed by atoms with Crippen molar-refractivity contribution < 1.29 is 44.0 Å². The molecule has 0 aromatic heterocycles. The number of nitrogens with one attached hydrogen (secondary N) is 1. The number of aliphatic carboxylic acids is 1. The second-order valence-electron chi connectivity index (χ2n) is 12.7. The Labute approximate surface area is 304 Å². The molecule has 4 rings (SSSR count). The van der Waals surface area contributed by atoms with E-state index in [-0.39, 0.29) is 16.9 Å². The van der Waals surface area contributed by atoms with E-state index in [9.17, 15) is 34.5 Å². The van der Waals surface area contributed by atoms with Gasteiger partial charge >= 0.3 is 11.9 Å². The Kier molecular flexibility index (Phi) is 15.7. The van der Waals surface area contributed by atoms with Crippen LogP contribution in [0, 0.1) is 0 Å². The van der Waals surface area contributed by atoms with Crippen LogP contribution in [0.2, 0.25) is 0 Å². The molecule has 276 valence electrons. The van der Waals surface area contributed by atoms with E-state index in [4.69, 9.17) is 9.47 Å². The van der Waals surface area contributed by atoms with Gasteiger partial charge in [0.05, 0.1) is 14.2 Å². The van der Waals surface area contributed by atoms with Crippen molar-refractivity contribution in [2.75, 3.05) is 14.2 Å². The second kappa shape index (κ2) is 19.6. The number of hydrogen-bond donors (Lipinski definition) is 4. The molecule has 0 bridgehead atoms. The average Bonchev–Trinajstić information content (AvgIpc) is 3.36. The van der Waals surface area contributed by atoms with Gasteiger partial charge in [0.25, 0.3) is 5.91 Å². The lowest BCUT2D eigenvalue weighted by Gasteiger charge is -2.43. The summed E-state index contributed by atoms with van der Waals surface area (Å²) in [5.74, 6) is -2.50. The van der Waals surface area contributed by atoms with Gasteiger partial charge in [-0.15, -0.1) is 18.3 Å². The highest BCUT2D eigenvalue weighted by Crippen LogP contribution is 2.51. The van der Waals surface area contributed by atoms with Gasteiger partial charge in [0, 0.05) is 4.75 Å². The van der Waals surface area contributed by atoms with E-state index in [1.54, 1.807) is 44.2 Å². The summed E-state index contributed by atoms with van der Waals surface area (Å²) < 4.78 is 9.79. The number of ether oxygens (including phenoxy) is 2. The van der Waals surface area contributed by atoms with Gasteiger partial charge < -0.3 is 35.0 Å². The molecular weight excluding hydrogens is 673 g/mol. The highest BCUT2D eigenvalue weighted by atomic mass is 32.2. The highest BCUT2D eigenvalue weighted by molar-refractivity contribution is 8.01. The van der Waals surface area contributed by atoms with E-state index >= 15 is 0 Å². The fraction of sp³-hybridized carbons (Fsp3) is 0.436. The summed E-state index contributed by atoms with van der Waals surface area (Å²) in [6, 6.07) is 8.16. The summed E-state index contributed by atoms with van der Waals surface area (Å²) in [6.45, 7) is 7.24. The first-order valence-electron chi connectivity index (χ1n) is 17.1. The van der Waals surface area contributed by atoms with E-state index < -0.39 is 46.0 Å². The predicted molar refractivity (Wildman–Crippen MR) is 199 cm³/mol. The quantitative estimate of drug-likeness (QED) is 0.0716. The van der Waals surface area contributed by atoms with Crippen LogP contribution in [-0.2, 0) is 16.0 Å². The van der Waals surface area contributed by atoms with E-state index in [1.165, 1.54) is 49.8 Å². The topological polar surface area (TPSA) is 163 Å². The van der Waals surface area contributed by atoms with Crippen molar-refractivity contribution in [3.05, 3.63) is 90.0 Å². The van der Waals surface area contributed by atoms with Gasteiger partial charge in [-0.05, 0) is 76.1 Å². The molecule has 11 nitrogen and oxygen atoms in total. The number of β-lactam (4-membered cyclic amide) rings is 1. The first-order valence-corrected chi connectivity index (χ1v) is 18.0. The minimum absolute atomic E-state index is 0.0507. The van der Waals surface area contributed by atoms with E-state index in [2.05, 4.69) is 36.2 Å². The van der Waals surface area contributed by atoms with Crippen LogP contribution in [0.15, 0.2) is 73.4 Å². The van der Waals surface area contributed by atoms with Gasteiger partial charge in [-0.2, -0.15) is 0 Å². The largest absolute Gasteiger partial charge is 0.507 e. The van der Waals surface area contributed by atoms with Crippen molar-refractivity contribution in [2.45, 2.75) is 93.8 Å². The van der Waals surface area contributed by atoms with Crippen molar-refractivity contribution in [3.63, 3.8) is 0 Å². The van der Waals surface area contributed by atoms with Crippen molar-refractivity contribution in [1.82, 2.24) is 10.2 Å². The number of phenols is 1. The molecule has 0 aliphatic carbocycles. The van der Waals surface area contributed by atoms with Crippen LogP contribution in [0.3, 0.4) is 0 Å². The zero-order valence-electron chi connectivity index (χ0n) is 29.8. The first-order chi connectivity index (χ1) is 24.4. The second-order valence-corrected chi connectivity index (χ2v) is 14.5. The number of carbonyl (C=O) groups is 4. The number of carboxylic acid groups (broad SMARTS) is 2. The number of unbranched alkanes of at least 4 members (excludes halogenated alkanes) is 5. The number of aromatic carboxylic acids is 1. The molecule has 2 heterocycles. The third-order valence-corrected chi connectivity index (χ3v) is 10.3. The lowest BCUT2D eigenvalue weighted by molar-refractivity contribution is -0.159. The van der Waals surface area contributed by atoms with E-state index in [1.807, 2.05) is 6.08 Å². The van der Waals surface area contributed by atoms with Crippen molar-refractivity contribution in [2.24, 2.45) is 0 Å². The Morgan fingerprint density at radius 3 is 2.14 bits per heavy atom. The number of amides is 2. The summed E-state index contributed by atoms with van der Waals surface area (Å²) >= 11 is 1.37. The number of hydrogen-bond acceptors (Lipinski definition) is 8. The van der Waals surface area contributed by atoms with Crippen molar-refractivity contribution in [1.29, 1.82) is 0 Å². The third kappa shape index (κ3) is 10.6. The standard InChI is InChI=1S/C22H30O3.C17H20N2O6S/c1-2-3-4-5-6-7-8-9-10-11-12-13-14-16-19-17-15-18-20(23)21(19)22(24)25;1-17(2)12(16(22)23)19-14(21)11(15(19)26-17)18-13(20)10-8(24-3)6-5-7-9(10)25-4/h2,4-5,7-8,15,17-18,23H,1,3,6,9-14,16H2,(H,24,25);5-7,11-12,15H,1-4H3,(H,18,20)(H,22,23)/b5-4-,8-7-;/t;11-,12+,15-/m.1/s1. The summed E-state index contributed by atoms with van der Waals surface area (Å²) in [7, 11) is 2.88. The van der Waals surface area contributed by atoms with E-state index in [0.717, 1.165) is 44.1 Å². The molecule has 0 saturated carbocycles. The molecule has 2 saturated heterocycles. The van der Waals surface area contributed by atoms with Crippen LogP contribution < -0.4 is 14.8 Å². The number of methoxy groups -OCH3 is 2. The summed E-state index contributed by atoms with van der Waals surface area (Å²) in [6.07, 6.45) is 19.9. The van der Waals surface area contributed by atoms with Gasteiger partial charge in [-0.3, -0.25) is 9.59 Å².